The molecule has 0 bridgehead atoms. The number of nitrogens with one attached hydrogen (secondary N) is 1. The number of hydrogen-bond acceptors (Lipinski definition) is 2. The highest BCUT2D eigenvalue weighted by Crippen LogP contribution is 2.45. The third-order valence-corrected chi connectivity index (χ3v) is 3.76. The summed E-state index contributed by atoms with van der Waals surface area (Å²) in [4.78, 5) is 12.1. The number of anilines is 1. The molecule has 2 aliphatic rings. The maximum Gasteiger partial charge on any atom is 0.235 e. The van der Waals surface area contributed by atoms with Crippen LogP contribution in [0.3, 0.4) is 0 Å². The van der Waals surface area contributed by atoms with Crippen molar-refractivity contribution in [3.63, 3.8) is 0 Å². The summed E-state index contributed by atoms with van der Waals surface area (Å²) in [5, 5.41) is 3.58. The van der Waals surface area contributed by atoms with Gasteiger partial charge in [-0.1, -0.05) is 17.7 Å². The minimum Gasteiger partial charge on any atom is -0.381 e. The van der Waals surface area contributed by atoms with Crippen molar-refractivity contribution >= 4 is 23.2 Å². The van der Waals surface area contributed by atoms with Crippen molar-refractivity contribution in [1.82, 2.24) is 0 Å². The highest BCUT2D eigenvalue weighted by molar-refractivity contribution is 6.31. The minimum absolute atomic E-state index is 0.0908. The van der Waals surface area contributed by atoms with Gasteiger partial charge < -0.3 is 10.1 Å². The van der Waals surface area contributed by atoms with Crippen molar-refractivity contribution in [3.8, 4) is 0 Å². The molecule has 4 heteroatoms. The number of benzene rings is 1. The summed E-state index contributed by atoms with van der Waals surface area (Å²) in [6.45, 7) is 1.30. The fourth-order valence-electron chi connectivity index (χ4n) is 2.62. The number of amides is 1. The van der Waals surface area contributed by atoms with Gasteiger partial charge in [0.25, 0.3) is 0 Å². The molecule has 0 aromatic heterocycles. The van der Waals surface area contributed by atoms with Crippen molar-refractivity contribution in [2.75, 3.05) is 18.5 Å². The molecule has 1 spiro atoms. The molecule has 2 aliphatic heterocycles. The quantitative estimate of drug-likeness (QED) is 0.752. The summed E-state index contributed by atoms with van der Waals surface area (Å²) in [6.07, 6.45) is 1.51. The Labute approximate surface area is 98.7 Å². The first kappa shape index (κ1) is 10.1. The van der Waals surface area contributed by atoms with Crippen LogP contribution < -0.4 is 5.32 Å². The molecule has 1 fully saturated rings. The van der Waals surface area contributed by atoms with Gasteiger partial charge >= 0.3 is 0 Å². The largest absolute Gasteiger partial charge is 0.381 e. The van der Waals surface area contributed by atoms with Gasteiger partial charge in [0, 0.05) is 23.9 Å². The van der Waals surface area contributed by atoms with Crippen LogP contribution >= 0.6 is 11.6 Å². The van der Waals surface area contributed by atoms with E-state index in [4.69, 9.17) is 16.3 Å². The number of rotatable bonds is 0. The van der Waals surface area contributed by atoms with Gasteiger partial charge in [-0.05, 0) is 30.5 Å². The highest BCUT2D eigenvalue weighted by atomic mass is 35.5. The van der Waals surface area contributed by atoms with Crippen LogP contribution in [0.1, 0.15) is 18.4 Å². The van der Waals surface area contributed by atoms with Gasteiger partial charge in [0.1, 0.15) is 0 Å². The van der Waals surface area contributed by atoms with Crippen LogP contribution in [0.5, 0.6) is 0 Å². The SMILES string of the molecule is O=C1Nc2cc(Cl)ccc2C12CCOCC2. The number of hydrogen-bond donors (Lipinski definition) is 1. The molecule has 16 heavy (non-hydrogen) atoms. The zero-order chi connectivity index (χ0) is 11.2. The summed E-state index contributed by atoms with van der Waals surface area (Å²) >= 11 is 5.92. The molecule has 0 unspecified atom stereocenters. The van der Waals surface area contributed by atoms with Gasteiger partial charge in [0.2, 0.25) is 5.91 Å². The maximum atomic E-state index is 12.1. The van der Waals surface area contributed by atoms with E-state index in [9.17, 15) is 4.79 Å². The second-order valence-corrected chi connectivity index (χ2v) is 4.77. The molecular formula is C12H12ClNO2. The lowest BCUT2D eigenvalue weighted by atomic mass is 9.75. The Morgan fingerprint density at radius 3 is 2.81 bits per heavy atom. The zero-order valence-corrected chi connectivity index (χ0v) is 9.51. The topological polar surface area (TPSA) is 38.3 Å². The third-order valence-electron chi connectivity index (χ3n) is 3.53. The molecule has 1 amide bonds. The Morgan fingerprint density at radius 1 is 1.31 bits per heavy atom. The number of fused-ring (bicyclic) bond motifs is 2. The van der Waals surface area contributed by atoms with Crippen molar-refractivity contribution in [2.24, 2.45) is 0 Å². The fourth-order valence-corrected chi connectivity index (χ4v) is 2.79. The van der Waals surface area contributed by atoms with Gasteiger partial charge in [0.05, 0.1) is 5.41 Å². The van der Waals surface area contributed by atoms with Crippen LogP contribution in [0.15, 0.2) is 18.2 Å². The summed E-state index contributed by atoms with van der Waals surface area (Å²) in [5.74, 6) is 0.0908. The molecular weight excluding hydrogens is 226 g/mol. The van der Waals surface area contributed by atoms with Gasteiger partial charge in [-0.15, -0.1) is 0 Å². The Bertz CT molecular complexity index is 452. The summed E-state index contributed by atoms with van der Waals surface area (Å²) in [7, 11) is 0. The average molecular weight is 238 g/mol. The van der Waals surface area contributed by atoms with Gasteiger partial charge in [-0.2, -0.15) is 0 Å². The van der Waals surface area contributed by atoms with Crippen LogP contribution in [-0.2, 0) is 14.9 Å². The monoisotopic (exact) mass is 237 g/mol. The van der Waals surface area contributed by atoms with Crippen LogP contribution in [0, 0.1) is 0 Å². The molecule has 0 saturated carbocycles. The van der Waals surface area contributed by atoms with E-state index in [2.05, 4.69) is 5.32 Å². The zero-order valence-electron chi connectivity index (χ0n) is 8.75. The van der Waals surface area contributed by atoms with E-state index in [0.29, 0.717) is 18.2 Å². The average Bonchev–Trinajstić information content (AvgIpc) is 2.53. The van der Waals surface area contributed by atoms with E-state index >= 15 is 0 Å². The predicted octanol–water partition coefficient (Wildman–Crippen LogP) is 2.34. The molecule has 2 heterocycles. The number of halogens is 1. The molecule has 0 aliphatic carbocycles. The summed E-state index contributed by atoms with van der Waals surface area (Å²) in [5.41, 5.74) is 1.56. The molecule has 1 saturated heterocycles. The first-order valence-corrected chi connectivity index (χ1v) is 5.79. The van der Waals surface area contributed by atoms with Crippen LogP contribution in [0.25, 0.3) is 0 Å². The predicted molar refractivity (Wildman–Crippen MR) is 61.8 cm³/mol. The van der Waals surface area contributed by atoms with Gasteiger partial charge in [-0.3, -0.25) is 4.79 Å². The Kier molecular flexibility index (Phi) is 2.19. The standard InChI is InChI=1S/C12H12ClNO2/c13-8-1-2-9-10(7-8)14-11(15)12(9)3-5-16-6-4-12/h1-2,7H,3-6H2,(H,14,15). The normalized spacial score (nSPS) is 21.9. The van der Waals surface area contributed by atoms with E-state index in [-0.39, 0.29) is 11.3 Å². The molecule has 0 radical (unpaired) electrons. The molecule has 3 rings (SSSR count). The molecule has 84 valence electrons. The smallest absolute Gasteiger partial charge is 0.235 e. The lowest BCUT2D eigenvalue weighted by Crippen LogP contribution is -2.39. The van der Waals surface area contributed by atoms with E-state index in [1.54, 1.807) is 0 Å². The van der Waals surface area contributed by atoms with E-state index in [1.165, 1.54) is 0 Å². The highest BCUT2D eigenvalue weighted by Gasteiger charge is 2.47. The molecule has 1 aromatic rings. The Morgan fingerprint density at radius 2 is 2.06 bits per heavy atom. The molecule has 3 nitrogen and oxygen atoms in total. The molecule has 1 aromatic carbocycles. The lowest BCUT2D eigenvalue weighted by Gasteiger charge is -2.31. The Balaban J connectivity index is 2.11. The van der Waals surface area contributed by atoms with Crippen LogP contribution in [0.2, 0.25) is 5.02 Å². The number of carbonyl (C=O) groups excluding carboxylic acids is 1. The fraction of sp³-hybridized carbons (Fsp3) is 0.417. The molecule has 1 N–H and O–H groups in total. The van der Waals surface area contributed by atoms with Crippen molar-refractivity contribution in [1.29, 1.82) is 0 Å². The van der Waals surface area contributed by atoms with Gasteiger partial charge in [-0.25, -0.2) is 0 Å². The second kappa shape index (κ2) is 3.47. The van der Waals surface area contributed by atoms with E-state index in [0.717, 1.165) is 24.1 Å². The summed E-state index contributed by atoms with van der Waals surface area (Å²) in [6, 6.07) is 5.62. The first-order valence-electron chi connectivity index (χ1n) is 5.42. The van der Waals surface area contributed by atoms with Crippen molar-refractivity contribution < 1.29 is 9.53 Å². The minimum atomic E-state index is -0.377. The number of carbonyl (C=O) groups is 1. The van der Waals surface area contributed by atoms with E-state index < -0.39 is 0 Å². The molecule has 0 atom stereocenters. The summed E-state index contributed by atoms with van der Waals surface area (Å²) < 4.78 is 5.34. The van der Waals surface area contributed by atoms with Crippen LogP contribution in [-0.4, -0.2) is 19.1 Å². The van der Waals surface area contributed by atoms with Crippen molar-refractivity contribution in [2.45, 2.75) is 18.3 Å². The van der Waals surface area contributed by atoms with Crippen LogP contribution in [0.4, 0.5) is 5.69 Å². The maximum absolute atomic E-state index is 12.1. The first-order chi connectivity index (χ1) is 7.72. The Hall–Kier alpha value is -1.06. The second-order valence-electron chi connectivity index (χ2n) is 4.34. The number of ether oxygens (including phenoxy) is 1. The third kappa shape index (κ3) is 1.28. The van der Waals surface area contributed by atoms with Crippen molar-refractivity contribution in [3.05, 3.63) is 28.8 Å². The van der Waals surface area contributed by atoms with Gasteiger partial charge in [0.15, 0.2) is 0 Å². The van der Waals surface area contributed by atoms with E-state index in [1.807, 2.05) is 18.2 Å². The lowest BCUT2D eigenvalue weighted by molar-refractivity contribution is -0.124.